The van der Waals surface area contributed by atoms with Gasteiger partial charge in [-0.05, 0) is 27.7 Å². The molecule has 1 atom stereocenters. The molecule has 0 radical (unpaired) electrons. The summed E-state index contributed by atoms with van der Waals surface area (Å²) in [6.45, 7) is 9.91. The average molecular weight is 229 g/mol. The zero-order valence-electron chi connectivity index (χ0n) is 10.2. The normalized spacial score (nSPS) is 14.8. The van der Waals surface area contributed by atoms with Crippen LogP contribution in [0.3, 0.4) is 0 Å². The molecule has 0 saturated carbocycles. The maximum absolute atomic E-state index is 11.4. The highest BCUT2D eigenvalue weighted by atomic mass is 16.6. The summed E-state index contributed by atoms with van der Waals surface area (Å²) in [5, 5.41) is 11.4. The van der Waals surface area contributed by atoms with Gasteiger partial charge in [0.2, 0.25) is 0 Å². The Morgan fingerprint density at radius 1 is 1.44 bits per heavy atom. The molecule has 5 heteroatoms. The molecule has 0 heterocycles. The van der Waals surface area contributed by atoms with Crippen LogP contribution in [0.2, 0.25) is 0 Å². The number of aliphatic hydroxyl groups excluding tert-OH is 1. The molecule has 0 aromatic rings. The quantitative estimate of drug-likeness (QED) is 0.570. The molecule has 0 rings (SSSR count). The number of carbonyl (C=O) groups is 2. The molecule has 1 amide bonds. The summed E-state index contributed by atoms with van der Waals surface area (Å²) in [6, 6.07) is 0. The molecule has 0 aliphatic carbocycles. The zero-order valence-corrected chi connectivity index (χ0v) is 10.2. The highest BCUT2D eigenvalue weighted by Crippen LogP contribution is 2.13. The minimum Gasteiger partial charge on any atom is -0.513 e. The van der Waals surface area contributed by atoms with Crippen LogP contribution in [0.1, 0.15) is 34.1 Å². The summed E-state index contributed by atoms with van der Waals surface area (Å²) < 4.78 is 5.00. The van der Waals surface area contributed by atoms with Crippen LogP contribution in [-0.4, -0.2) is 28.6 Å². The van der Waals surface area contributed by atoms with Crippen molar-refractivity contribution in [2.75, 3.05) is 0 Å². The van der Waals surface area contributed by atoms with Crippen molar-refractivity contribution in [1.82, 2.24) is 5.32 Å². The number of alkyl carbamates (subject to hydrolysis) is 1. The average Bonchev–Trinajstić information content (AvgIpc) is 1.98. The number of carbonyl (C=O) groups excluding carboxylic acids is 2. The van der Waals surface area contributed by atoms with E-state index in [1.807, 2.05) is 0 Å². The monoisotopic (exact) mass is 229 g/mol. The summed E-state index contributed by atoms with van der Waals surface area (Å²) in [5.41, 5.74) is -1.84. The van der Waals surface area contributed by atoms with Crippen LogP contribution >= 0.6 is 0 Å². The Kier molecular flexibility index (Phi) is 4.53. The van der Waals surface area contributed by atoms with E-state index in [1.54, 1.807) is 20.8 Å². The second kappa shape index (κ2) is 5.01. The van der Waals surface area contributed by atoms with Crippen LogP contribution in [0.15, 0.2) is 12.3 Å². The molecule has 0 bridgehead atoms. The van der Waals surface area contributed by atoms with E-state index < -0.39 is 17.2 Å². The van der Waals surface area contributed by atoms with Crippen molar-refractivity contribution in [2.24, 2.45) is 0 Å². The van der Waals surface area contributed by atoms with Crippen molar-refractivity contribution in [3.05, 3.63) is 12.3 Å². The fraction of sp³-hybridized carbons (Fsp3) is 0.636. The van der Waals surface area contributed by atoms with Crippen LogP contribution in [-0.2, 0) is 9.53 Å². The first-order valence-corrected chi connectivity index (χ1v) is 4.92. The SMILES string of the molecule is C=C(O)C[C@@](C)(C=O)NC(=O)OC(C)(C)C. The van der Waals surface area contributed by atoms with Crippen LogP contribution in [0.5, 0.6) is 0 Å². The molecule has 92 valence electrons. The lowest BCUT2D eigenvalue weighted by molar-refractivity contribution is -0.113. The van der Waals surface area contributed by atoms with Crippen molar-refractivity contribution < 1.29 is 19.4 Å². The van der Waals surface area contributed by atoms with Gasteiger partial charge >= 0.3 is 6.09 Å². The van der Waals surface area contributed by atoms with Gasteiger partial charge in [0.1, 0.15) is 17.4 Å². The molecular formula is C11H19NO4. The fourth-order valence-corrected chi connectivity index (χ4v) is 1.08. The number of nitrogens with one attached hydrogen (secondary N) is 1. The van der Waals surface area contributed by atoms with Gasteiger partial charge in [-0.15, -0.1) is 0 Å². The standard InChI is InChI=1S/C11H19NO4/c1-8(14)6-11(5,7-13)12-9(15)16-10(2,3)4/h7,14H,1,6H2,2-5H3,(H,12,15)/t11-/m0/s1. The Morgan fingerprint density at radius 2 is 1.94 bits per heavy atom. The van der Waals surface area contributed by atoms with E-state index in [0.29, 0.717) is 6.29 Å². The summed E-state index contributed by atoms with van der Waals surface area (Å²) in [5.74, 6) is -0.175. The number of ether oxygens (including phenoxy) is 1. The van der Waals surface area contributed by atoms with Crippen LogP contribution in [0, 0.1) is 0 Å². The van der Waals surface area contributed by atoms with Gasteiger partial charge in [-0.25, -0.2) is 4.79 Å². The Bertz CT molecular complexity index is 293. The molecular weight excluding hydrogens is 210 g/mol. The van der Waals surface area contributed by atoms with Crippen LogP contribution < -0.4 is 5.32 Å². The molecule has 0 aromatic carbocycles. The summed E-state index contributed by atoms with van der Waals surface area (Å²) in [4.78, 5) is 22.3. The predicted molar refractivity (Wildman–Crippen MR) is 60.2 cm³/mol. The highest BCUT2D eigenvalue weighted by Gasteiger charge is 2.29. The second-order valence-corrected chi connectivity index (χ2v) is 4.91. The number of rotatable bonds is 4. The Labute approximate surface area is 95.5 Å². The molecule has 2 N–H and O–H groups in total. The lowest BCUT2D eigenvalue weighted by Gasteiger charge is -2.27. The van der Waals surface area contributed by atoms with Crippen molar-refractivity contribution in [3.63, 3.8) is 0 Å². The van der Waals surface area contributed by atoms with Crippen molar-refractivity contribution in [2.45, 2.75) is 45.3 Å². The van der Waals surface area contributed by atoms with Crippen LogP contribution in [0.4, 0.5) is 4.79 Å². The number of amides is 1. The van der Waals surface area contributed by atoms with E-state index >= 15 is 0 Å². The van der Waals surface area contributed by atoms with E-state index in [9.17, 15) is 9.59 Å². The first kappa shape index (κ1) is 14.5. The smallest absolute Gasteiger partial charge is 0.408 e. The lowest BCUT2D eigenvalue weighted by atomic mass is 9.99. The minimum absolute atomic E-state index is 0.0459. The maximum atomic E-state index is 11.4. The van der Waals surface area contributed by atoms with Gasteiger partial charge in [0.15, 0.2) is 0 Å². The van der Waals surface area contributed by atoms with Gasteiger partial charge in [0.05, 0.1) is 5.76 Å². The van der Waals surface area contributed by atoms with Crippen molar-refractivity contribution in [3.8, 4) is 0 Å². The van der Waals surface area contributed by atoms with Gasteiger partial charge in [0, 0.05) is 6.42 Å². The Hall–Kier alpha value is -1.52. The molecule has 16 heavy (non-hydrogen) atoms. The van der Waals surface area contributed by atoms with E-state index in [4.69, 9.17) is 9.84 Å². The fourth-order valence-electron chi connectivity index (χ4n) is 1.08. The molecule has 0 spiro atoms. The minimum atomic E-state index is -1.20. The number of aliphatic hydroxyl groups is 1. The third-order valence-electron chi connectivity index (χ3n) is 1.62. The van der Waals surface area contributed by atoms with E-state index in [-0.39, 0.29) is 12.2 Å². The molecule has 0 aliphatic rings. The molecule has 0 aliphatic heterocycles. The Balaban J connectivity index is 4.48. The van der Waals surface area contributed by atoms with Crippen molar-refractivity contribution >= 4 is 12.4 Å². The summed E-state index contributed by atoms with van der Waals surface area (Å²) in [7, 11) is 0. The van der Waals surface area contributed by atoms with E-state index in [0.717, 1.165) is 0 Å². The Morgan fingerprint density at radius 3 is 2.25 bits per heavy atom. The first-order chi connectivity index (χ1) is 7.08. The largest absolute Gasteiger partial charge is 0.513 e. The van der Waals surface area contributed by atoms with E-state index in [1.165, 1.54) is 6.92 Å². The molecule has 0 aromatic heterocycles. The first-order valence-electron chi connectivity index (χ1n) is 4.92. The van der Waals surface area contributed by atoms with Gasteiger partial charge in [-0.1, -0.05) is 6.58 Å². The number of aldehydes is 1. The lowest BCUT2D eigenvalue weighted by Crippen LogP contribution is -2.49. The summed E-state index contributed by atoms with van der Waals surface area (Å²) >= 11 is 0. The van der Waals surface area contributed by atoms with Gasteiger partial charge in [-0.3, -0.25) is 0 Å². The molecule has 0 saturated heterocycles. The predicted octanol–water partition coefficient (Wildman–Crippen LogP) is 1.93. The zero-order chi connectivity index (χ0) is 13.0. The number of hydrogen-bond acceptors (Lipinski definition) is 4. The summed E-state index contributed by atoms with van der Waals surface area (Å²) in [6.07, 6.45) is -0.211. The maximum Gasteiger partial charge on any atom is 0.408 e. The third kappa shape index (κ3) is 6.06. The molecule has 5 nitrogen and oxygen atoms in total. The van der Waals surface area contributed by atoms with E-state index in [2.05, 4.69) is 11.9 Å². The van der Waals surface area contributed by atoms with Gasteiger partial charge < -0.3 is 20.0 Å². The molecule has 0 fully saturated rings. The molecule has 0 unspecified atom stereocenters. The third-order valence-corrected chi connectivity index (χ3v) is 1.62. The van der Waals surface area contributed by atoms with Gasteiger partial charge in [0.25, 0.3) is 0 Å². The second-order valence-electron chi connectivity index (χ2n) is 4.91. The van der Waals surface area contributed by atoms with Gasteiger partial charge in [-0.2, -0.15) is 0 Å². The number of hydrogen-bond donors (Lipinski definition) is 2. The topological polar surface area (TPSA) is 75.6 Å². The van der Waals surface area contributed by atoms with Crippen LogP contribution in [0.25, 0.3) is 0 Å². The van der Waals surface area contributed by atoms with Crippen molar-refractivity contribution in [1.29, 1.82) is 0 Å². The highest BCUT2D eigenvalue weighted by molar-refractivity contribution is 5.76.